The molecule has 1 aliphatic heterocycles. The summed E-state index contributed by atoms with van der Waals surface area (Å²) in [6.45, 7) is 6.59. The predicted octanol–water partition coefficient (Wildman–Crippen LogP) is -0.941. The fraction of sp³-hybridized carbons (Fsp3) is 0.692. The van der Waals surface area contributed by atoms with Crippen molar-refractivity contribution in [2.75, 3.05) is 13.1 Å². The molecule has 0 aromatic carbocycles. The van der Waals surface area contributed by atoms with E-state index < -0.39 is 0 Å². The molecule has 1 amide bonds. The minimum absolute atomic E-state index is 0. The van der Waals surface area contributed by atoms with Gasteiger partial charge in [-0.05, 0) is 19.8 Å². The van der Waals surface area contributed by atoms with E-state index in [2.05, 4.69) is 23.9 Å². The van der Waals surface area contributed by atoms with Gasteiger partial charge in [0.2, 0.25) is 12.1 Å². The Hall–Kier alpha value is -0.610. The van der Waals surface area contributed by atoms with Crippen LogP contribution in [0.3, 0.4) is 0 Å². The van der Waals surface area contributed by atoms with E-state index in [1.165, 1.54) is 23.4 Å². The fourth-order valence-corrected chi connectivity index (χ4v) is 3.04. The smallest absolute Gasteiger partial charge is 0.288 e. The maximum Gasteiger partial charge on any atom is 0.288 e. The van der Waals surface area contributed by atoms with E-state index in [1.54, 1.807) is 11.3 Å². The van der Waals surface area contributed by atoms with E-state index in [0.29, 0.717) is 6.54 Å². The number of hydrogen-bond donors (Lipinski definition) is 0. The largest absolute Gasteiger partial charge is 1.00 e. The average molecular weight is 289 g/mol. The first kappa shape index (κ1) is 15.4. The van der Waals surface area contributed by atoms with Crippen LogP contribution in [-0.2, 0) is 11.3 Å². The van der Waals surface area contributed by atoms with Crippen molar-refractivity contribution in [3.05, 3.63) is 16.1 Å². The van der Waals surface area contributed by atoms with Crippen molar-refractivity contribution in [3.63, 3.8) is 0 Å². The van der Waals surface area contributed by atoms with Crippen LogP contribution in [0.25, 0.3) is 0 Å². The summed E-state index contributed by atoms with van der Waals surface area (Å²) in [7, 11) is 0. The molecule has 0 radical (unpaired) electrons. The summed E-state index contributed by atoms with van der Waals surface area (Å²) in [5.41, 5.74) is 3.28. The van der Waals surface area contributed by atoms with Gasteiger partial charge in [-0.15, -0.1) is 0 Å². The van der Waals surface area contributed by atoms with Crippen LogP contribution in [0.1, 0.15) is 36.3 Å². The third-order valence-electron chi connectivity index (χ3n) is 3.56. The van der Waals surface area contributed by atoms with Crippen LogP contribution in [0.15, 0.2) is 5.51 Å². The predicted molar refractivity (Wildman–Crippen MR) is 69.0 cm³/mol. The van der Waals surface area contributed by atoms with Gasteiger partial charge in [0.25, 0.3) is 5.91 Å². The van der Waals surface area contributed by atoms with Crippen LogP contribution in [0.4, 0.5) is 0 Å². The van der Waals surface area contributed by atoms with Crippen molar-refractivity contribution in [3.8, 4) is 0 Å². The topological polar surface area (TPSA) is 24.2 Å². The molecule has 1 fully saturated rings. The van der Waals surface area contributed by atoms with Crippen LogP contribution in [0, 0.1) is 13.8 Å². The summed E-state index contributed by atoms with van der Waals surface area (Å²) in [4.78, 5) is 15.5. The molecule has 0 aliphatic carbocycles. The van der Waals surface area contributed by atoms with Gasteiger partial charge in [0.1, 0.15) is 0 Å². The zero-order chi connectivity index (χ0) is 12.3. The standard InChI is InChI=1S/C13H21N2OS.ClH/c1-11-12(2)17-10-15(11)9-13(16)14-7-5-3-4-6-8-14;/h10H,3-9H2,1-2H3;1H/q+1;/p-1. The van der Waals surface area contributed by atoms with E-state index in [-0.39, 0.29) is 18.3 Å². The van der Waals surface area contributed by atoms with Gasteiger partial charge in [-0.2, -0.15) is 4.57 Å². The minimum atomic E-state index is 0. The number of likely N-dealkylation sites (tertiary alicyclic amines) is 1. The summed E-state index contributed by atoms with van der Waals surface area (Å²) in [5.74, 6) is 0.276. The van der Waals surface area contributed by atoms with E-state index in [4.69, 9.17) is 0 Å². The second kappa shape index (κ2) is 7.10. The van der Waals surface area contributed by atoms with E-state index >= 15 is 0 Å². The summed E-state index contributed by atoms with van der Waals surface area (Å²) >= 11 is 1.72. The Bertz CT molecular complexity index is 398. The number of carbonyl (C=O) groups is 1. The van der Waals surface area contributed by atoms with Gasteiger partial charge in [-0.3, -0.25) is 4.79 Å². The van der Waals surface area contributed by atoms with Crippen molar-refractivity contribution >= 4 is 17.2 Å². The Morgan fingerprint density at radius 2 is 1.89 bits per heavy atom. The molecule has 0 N–H and O–H groups in total. The SMILES string of the molecule is Cc1sc[n+](CC(=O)N2CCCCCC2)c1C.[Cl-]. The Kier molecular flexibility index (Phi) is 6.09. The monoisotopic (exact) mass is 288 g/mol. The molecule has 102 valence electrons. The van der Waals surface area contributed by atoms with E-state index in [9.17, 15) is 4.79 Å². The second-order valence-electron chi connectivity index (χ2n) is 4.79. The molecular weight excluding hydrogens is 268 g/mol. The highest BCUT2D eigenvalue weighted by molar-refractivity contribution is 7.09. The molecule has 1 saturated heterocycles. The maximum atomic E-state index is 12.2. The molecule has 0 saturated carbocycles. The zero-order valence-electron chi connectivity index (χ0n) is 11.1. The number of nitrogens with zero attached hydrogens (tertiary/aromatic N) is 2. The molecule has 5 heteroatoms. The highest BCUT2D eigenvalue weighted by atomic mass is 35.5. The molecule has 1 aromatic heterocycles. The lowest BCUT2D eigenvalue weighted by Gasteiger charge is -2.18. The normalized spacial score (nSPS) is 16.0. The van der Waals surface area contributed by atoms with Crippen LogP contribution >= 0.6 is 11.3 Å². The first-order valence-corrected chi connectivity index (χ1v) is 7.28. The second-order valence-corrected chi connectivity index (χ2v) is 5.85. The van der Waals surface area contributed by atoms with Crippen molar-refractivity contribution < 1.29 is 21.8 Å². The first-order chi connectivity index (χ1) is 8.18. The van der Waals surface area contributed by atoms with Crippen molar-refractivity contribution in [2.45, 2.75) is 46.1 Å². The molecule has 2 rings (SSSR count). The van der Waals surface area contributed by atoms with E-state index in [1.807, 2.05) is 4.90 Å². The van der Waals surface area contributed by atoms with Crippen molar-refractivity contribution in [1.82, 2.24) is 4.90 Å². The number of aryl methyl sites for hydroxylation is 1. The van der Waals surface area contributed by atoms with Crippen LogP contribution in [-0.4, -0.2) is 23.9 Å². The minimum Gasteiger partial charge on any atom is -1.00 e. The molecule has 1 aliphatic rings. The number of thiazole rings is 1. The van der Waals surface area contributed by atoms with Crippen molar-refractivity contribution in [2.24, 2.45) is 0 Å². The number of amides is 1. The Labute approximate surface area is 119 Å². The lowest BCUT2D eigenvalue weighted by molar-refractivity contribution is -0.686. The Morgan fingerprint density at radius 3 is 2.39 bits per heavy atom. The fourth-order valence-electron chi connectivity index (χ4n) is 2.23. The average Bonchev–Trinajstić information content (AvgIpc) is 2.59. The Morgan fingerprint density at radius 1 is 1.28 bits per heavy atom. The van der Waals surface area contributed by atoms with E-state index in [0.717, 1.165) is 25.9 Å². The number of halogens is 1. The Balaban J connectivity index is 0.00000162. The molecule has 0 atom stereocenters. The van der Waals surface area contributed by atoms with Gasteiger partial charge < -0.3 is 17.3 Å². The number of hydrogen-bond acceptors (Lipinski definition) is 2. The number of rotatable bonds is 2. The van der Waals surface area contributed by atoms with Crippen LogP contribution < -0.4 is 17.0 Å². The molecule has 0 bridgehead atoms. The maximum absolute atomic E-state index is 12.2. The first-order valence-electron chi connectivity index (χ1n) is 6.40. The number of carbonyl (C=O) groups excluding carboxylic acids is 1. The molecule has 0 spiro atoms. The van der Waals surface area contributed by atoms with Gasteiger partial charge in [0.15, 0.2) is 5.69 Å². The molecular formula is C13H21ClN2OS. The summed E-state index contributed by atoms with van der Waals surface area (Å²) < 4.78 is 2.08. The lowest BCUT2D eigenvalue weighted by atomic mass is 10.2. The quantitative estimate of drug-likeness (QED) is 0.645. The molecule has 2 heterocycles. The molecule has 1 aromatic rings. The zero-order valence-corrected chi connectivity index (χ0v) is 12.7. The summed E-state index contributed by atoms with van der Waals surface area (Å²) in [6, 6.07) is 0. The van der Waals surface area contributed by atoms with Crippen LogP contribution in [0.2, 0.25) is 0 Å². The molecule has 3 nitrogen and oxygen atoms in total. The lowest BCUT2D eigenvalue weighted by Crippen LogP contribution is -3.00. The van der Waals surface area contributed by atoms with Gasteiger partial charge >= 0.3 is 0 Å². The van der Waals surface area contributed by atoms with Gasteiger partial charge in [-0.1, -0.05) is 24.2 Å². The highest BCUT2D eigenvalue weighted by Gasteiger charge is 2.21. The van der Waals surface area contributed by atoms with Crippen LogP contribution in [0.5, 0.6) is 0 Å². The highest BCUT2D eigenvalue weighted by Crippen LogP contribution is 2.11. The van der Waals surface area contributed by atoms with Gasteiger partial charge in [0, 0.05) is 20.0 Å². The van der Waals surface area contributed by atoms with Gasteiger partial charge in [-0.25, -0.2) is 0 Å². The molecule has 18 heavy (non-hydrogen) atoms. The summed E-state index contributed by atoms with van der Waals surface area (Å²) in [5, 5.41) is 0. The third-order valence-corrected chi connectivity index (χ3v) is 4.57. The van der Waals surface area contributed by atoms with Gasteiger partial charge in [0.05, 0.1) is 4.88 Å². The van der Waals surface area contributed by atoms with Crippen molar-refractivity contribution in [1.29, 1.82) is 0 Å². The third kappa shape index (κ3) is 3.69. The number of aromatic nitrogens is 1. The summed E-state index contributed by atoms with van der Waals surface area (Å²) in [6.07, 6.45) is 4.87. The molecule has 0 unspecified atom stereocenters.